The second-order valence-corrected chi connectivity index (χ2v) is 9.38. The lowest BCUT2D eigenvalue weighted by molar-refractivity contribution is -0.152. The number of carbonyl (C=O) groups excluding carboxylic acids is 2. The number of ether oxygens (including phenoxy) is 1. The fourth-order valence-corrected chi connectivity index (χ4v) is 3.29. The van der Waals surface area contributed by atoms with Gasteiger partial charge in [-0.3, -0.25) is 14.6 Å². The van der Waals surface area contributed by atoms with Crippen molar-refractivity contribution in [3.05, 3.63) is 0 Å². The summed E-state index contributed by atoms with van der Waals surface area (Å²) in [6, 6.07) is -2.25. The van der Waals surface area contributed by atoms with Crippen LogP contribution in [-0.4, -0.2) is 95.1 Å². The van der Waals surface area contributed by atoms with Gasteiger partial charge in [-0.05, 0) is 33.1 Å². The van der Waals surface area contributed by atoms with Crippen LogP contribution in [-0.2, 0) is 14.3 Å². The van der Waals surface area contributed by atoms with Crippen molar-refractivity contribution in [3.8, 4) is 0 Å². The summed E-state index contributed by atoms with van der Waals surface area (Å²) in [5.41, 5.74) is -0.757. The molecule has 1 aliphatic heterocycles. The number of hydrogen-bond acceptors (Lipinski definition) is 5. The van der Waals surface area contributed by atoms with Crippen molar-refractivity contribution in [2.75, 3.05) is 33.7 Å². The summed E-state index contributed by atoms with van der Waals surface area (Å²) < 4.78 is 32.3. The van der Waals surface area contributed by atoms with Gasteiger partial charge in [0.25, 0.3) is 5.92 Å². The third-order valence-corrected chi connectivity index (χ3v) is 4.91. The zero-order valence-electron chi connectivity index (χ0n) is 18.9. The van der Waals surface area contributed by atoms with Gasteiger partial charge in [0.1, 0.15) is 17.7 Å². The topological polar surface area (TPSA) is 90.4 Å². The number of aliphatic carboxylic acids is 1. The zero-order chi connectivity index (χ0) is 23.4. The summed E-state index contributed by atoms with van der Waals surface area (Å²) in [7, 11) is 2.76. The molecule has 2 atom stereocenters. The SMILES string of the molecule is CC(C)C[C@@H](C(=O)N(C)C(CN1CCC(F)(F)C1)C(=O)O)N(C)C(=O)OC(C)(C)C. The smallest absolute Gasteiger partial charge is 0.410 e. The largest absolute Gasteiger partial charge is 0.480 e. The Labute approximate surface area is 177 Å². The van der Waals surface area contributed by atoms with E-state index in [0.29, 0.717) is 6.42 Å². The first-order valence-corrected chi connectivity index (χ1v) is 10.1. The predicted octanol–water partition coefficient (Wildman–Crippen LogP) is 2.52. The molecule has 1 N–H and O–H groups in total. The number of nitrogens with zero attached hydrogens (tertiary/aromatic N) is 3. The van der Waals surface area contributed by atoms with Gasteiger partial charge in [-0.2, -0.15) is 0 Å². The highest BCUT2D eigenvalue weighted by atomic mass is 19.3. The van der Waals surface area contributed by atoms with E-state index in [1.807, 2.05) is 13.8 Å². The van der Waals surface area contributed by atoms with Gasteiger partial charge in [0.2, 0.25) is 5.91 Å². The molecule has 0 aromatic carbocycles. The van der Waals surface area contributed by atoms with Crippen LogP contribution < -0.4 is 0 Å². The van der Waals surface area contributed by atoms with E-state index in [0.717, 1.165) is 4.90 Å². The molecule has 0 radical (unpaired) electrons. The normalized spacial score (nSPS) is 18.7. The van der Waals surface area contributed by atoms with E-state index in [4.69, 9.17) is 4.74 Å². The van der Waals surface area contributed by atoms with E-state index in [1.165, 1.54) is 23.9 Å². The molecule has 1 unspecified atom stereocenters. The van der Waals surface area contributed by atoms with Gasteiger partial charge in [-0.15, -0.1) is 0 Å². The number of halogens is 2. The molecule has 10 heteroatoms. The lowest BCUT2D eigenvalue weighted by Gasteiger charge is -2.35. The second-order valence-electron chi connectivity index (χ2n) is 9.38. The predicted molar refractivity (Wildman–Crippen MR) is 107 cm³/mol. The molecule has 1 rings (SSSR count). The maximum Gasteiger partial charge on any atom is 0.410 e. The van der Waals surface area contributed by atoms with Gasteiger partial charge in [0.15, 0.2) is 0 Å². The molecule has 0 saturated carbocycles. The van der Waals surface area contributed by atoms with Crippen LogP contribution in [0.5, 0.6) is 0 Å². The highest BCUT2D eigenvalue weighted by Crippen LogP contribution is 2.27. The van der Waals surface area contributed by atoms with Crippen LogP contribution in [0.15, 0.2) is 0 Å². The Morgan fingerprint density at radius 2 is 1.70 bits per heavy atom. The number of rotatable bonds is 8. The fraction of sp³-hybridized carbons (Fsp3) is 0.850. The van der Waals surface area contributed by atoms with Gasteiger partial charge in [0.05, 0.1) is 6.54 Å². The first-order valence-electron chi connectivity index (χ1n) is 10.1. The lowest BCUT2D eigenvalue weighted by atomic mass is 10.0. The van der Waals surface area contributed by atoms with Crippen molar-refractivity contribution >= 4 is 18.0 Å². The molecule has 1 heterocycles. The third-order valence-electron chi connectivity index (χ3n) is 4.91. The first-order chi connectivity index (χ1) is 13.5. The Morgan fingerprint density at radius 3 is 2.10 bits per heavy atom. The number of hydrogen-bond donors (Lipinski definition) is 1. The van der Waals surface area contributed by atoms with Gasteiger partial charge >= 0.3 is 12.1 Å². The molecule has 1 aliphatic rings. The molecule has 0 aliphatic carbocycles. The Balaban J connectivity index is 3.01. The number of carbonyl (C=O) groups is 3. The Bertz CT molecular complexity index is 636. The van der Waals surface area contributed by atoms with Gasteiger partial charge < -0.3 is 14.7 Å². The van der Waals surface area contributed by atoms with Crippen LogP contribution in [0.25, 0.3) is 0 Å². The molecule has 174 valence electrons. The third kappa shape index (κ3) is 7.70. The van der Waals surface area contributed by atoms with Crippen molar-refractivity contribution < 1.29 is 33.0 Å². The molecular weight excluding hydrogens is 400 g/mol. The van der Waals surface area contributed by atoms with E-state index in [9.17, 15) is 28.3 Å². The quantitative estimate of drug-likeness (QED) is 0.630. The molecule has 1 fully saturated rings. The monoisotopic (exact) mass is 435 g/mol. The van der Waals surface area contributed by atoms with Crippen LogP contribution in [0.4, 0.5) is 13.6 Å². The molecule has 0 spiro atoms. The van der Waals surface area contributed by atoms with Crippen LogP contribution in [0.3, 0.4) is 0 Å². The fourth-order valence-electron chi connectivity index (χ4n) is 3.29. The summed E-state index contributed by atoms with van der Waals surface area (Å²) in [4.78, 5) is 41.0. The molecule has 8 nitrogen and oxygen atoms in total. The molecule has 0 aromatic heterocycles. The van der Waals surface area contributed by atoms with Crippen molar-refractivity contribution in [1.82, 2.24) is 14.7 Å². The number of alkyl halides is 2. The minimum absolute atomic E-state index is 0.0396. The summed E-state index contributed by atoms with van der Waals surface area (Å²) in [6.45, 7) is 8.19. The number of likely N-dealkylation sites (N-methyl/N-ethyl adjacent to an activating group) is 2. The van der Waals surface area contributed by atoms with Crippen molar-refractivity contribution in [1.29, 1.82) is 0 Å². The van der Waals surface area contributed by atoms with Gasteiger partial charge in [-0.25, -0.2) is 18.4 Å². The number of amides is 2. The number of carboxylic acid groups (broad SMARTS) is 1. The van der Waals surface area contributed by atoms with Crippen molar-refractivity contribution in [3.63, 3.8) is 0 Å². The van der Waals surface area contributed by atoms with E-state index >= 15 is 0 Å². The average molecular weight is 436 g/mol. The summed E-state index contributed by atoms with van der Waals surface area (Å²) in [6.07, 6.45) is -0.734. The number of likely N-dealkylation sites (tertiary alicyclic amines) is 1. The molecule has 0 aromatic rings. The van der Waals surface area contributed by atoms with E-state index in [-0.39, 0.29) is 25.4 Å². The second kappa shape index (κ2) is 9.89. The lowest BCUT2D eigenvalue weighted by Crippen LogP contribution is -2.56. The summed E-state index contributed by atoms with van der Waals surface area (Å²) in [5.74, 6) is -4.68. The van der Waals surface area contributed by atoms with Crippen LogP contribution in [0, 0.1) is 5.92 Å². The molecule has 30 heavy (non-hydrogen) atoms. The average Bonchev–Trinajstić information content (AvgIpc) is 2.92. The Morgan fingerprint density at radius 1 is 1.13 bits per heavy atom. The highest BCUT2D eigenvalue weighted by Gasteiger charge is 2.42. The van der Waals surface area contributed by atoms with E-state index in [2.05, 4.69) is 0 Å². The van der Waals surface area contributed by atoms with Crippen molar-refractivity contribution in [2.45, 2.75) is 71.1 Å². The minimum atomic E-state index is -2.86. The molecular formula is C20H35F2N3O5. The van der Waals surface area contributed by atoms with E-state index in [1.54, 1.807) is 20.8 Å². The van der Waals surface area contributed by atoms with Crippen LogP contribution in [0.2, 0.25) is 0 Å². The highest BCUT2D eigenvalue weighted by molar-refractivity contribution is 5.89. The Hall–Kier alpha value is -1.97. The zero-order valence-corrected chi connectivity index (χ0v) is 18.9. The Kier molecular flexibility index (Phi) is 8.59. The van der Waals surface area contributed by atoms with Crippen LogP contribution >= 0.6 is 0 Å². The van der Waals surface area contributed by atoms with E-state index < -0.39 is 48.1 Å². The number of carboxylic acids is 1. The summed E-state index contributed by atoms with van der Waals surface area (Å²) >= 11 is 0. The van der Waals surface area contributed by atoms with Gasteiger partial charge in [0, 0.05) is 33.6 Å². The van der Waals surface area contributed by atoms with Gasteiger partial charge in [-0.1, -0.05) is 13.8 Å². The van der Waals surface area contributed by atoms with Crippen LogP contribution in [0.1, 0.15) is 47.5 Å². The first kappa shape index (κ1) is 26.1. The maximum atomic E-state index is 13.5. The standard InChI is InChI=1S/C20H35F2N3O5/c1-13(2)10-14(24(7)18(29)30-19(3,4)5)16(26)23(6)15(17(27)28)11-25-9-8-20(21,22)12-25/h13-15H,8-12H2,1-7H3,(H,27,28)/t14-,15?/m0/s1. The molecule has 2 amide bonds. The molecule has 0 bridgehead atoms. The molecule has 1 saturated heterocycles. The van der Waals surface area contributed by atoms with Crippen molar-refractivity contribution in [2.24, 2.45) is 5.92 Å². The minimum Gasteiger partial charge on any atom is -0.480 e. The summed E-state index contributed by atoms with van der Waals surface area (Å²) in [5, 5.41) is 9.63. The maximum absolute atomic E-state index is 13.5.